The van der Waals surface area contributed by atoms with Gasteiger partial charge in [0.05, 0.1) is 8.07 Å². The molecule has 1 rings (SSSR count). The lowest BCUT2D eigenvalue weighted by Gasteiger charge is -2.40. The van der Waals surface area contributed by atoms with Crippen molar-refractivity contribution in [2.45, 2.75) is 70.1 Å². The van der Waals surface area contributed by atoms with E-state index in [4.69, 9.17) is 0 Å². The summed E-state index contributed by atoms with van der Waals surface area (Å²) in [4.78, 5) is 0. The fourth-order valence-electron chi connectivity index (χ4n) is 2.26. The van der Waals surface area contributed by atoms with Gasteiger partial charge >= 0.3 is 0 Å². The maximum absolute atomic E-state index is 2.55. The molecule has 12 heavy (non-hydrogen) atoms. The number of hydrogen-bond donors (Lipinski definition) is 0. The Labute approximate surface area is 78.8 Å². The molecular formula is C11H24Si. The first-order valence-electron chi connectivity index (χ1n) is 5.46. The molecule has 0 saturated heterocycles. The van der Waals surface area contributed by atoms with Gasteiger partial charge in [0.15, 0.2) is 0 Å². The third kappa shape index (κ3) is 2.12. The summed E-state index contributed by atoms with van der Waals surface area (Å²) in [6.07, 6.45) is 8.95. The van der Waals surface area contributed by atoms with E-state index in [-0.39, 0.29) is 0 Å². The predicted octanol–water partition coefficient (Wildman–Crippen LogP) is 4.44. The highest BCUT2D eigenvalue weighted by atomic mass is 28.3. The molecule has 1 aliphatic carbocycles. The van der Waals surface area contributed by atoms with Crippen molar-refractivity contribution in [2.75, 3.05) is 0 Å². The average Bonchev–Trinajstić information content (AvgIpc) is 2.12. The van der Waals surface area contributed by atoms with Gasteiger partial charge in [-0.2, -0.15) is 0 Å². The molecule has 0 spiro atoms. The van der Waals surface area contributed by atoms with Crippen molar-refractivity contribution in [1.82, 2.24) is 0 Å². The van der Waals surface area contributed by atoms with Gasteiger partial charge in [-0.25, -0.2) is 0 Å². The van der Waals surface area contributed by atoms with Crippen molar-refractivity contribution in [3.63, 3.8) is 0 Å². The number of rotatable bonds is 1. The third-order valence-electron chi connectivity index (χ3n) is 4.02. The first-order chi connectivity index (χ1) is 5.46. The van der Waals surface area contributed by atoms with E-state index in [0.29, 0.717) is 0 Å². The largest absolute Gasteiger partial charge is 0.0692 e. The Bertz CT molecular complexity index is 136. The van der Waals surface area contributed by atoms with Gasteiger partial charge in [0, 0.05) is 0 Å². The molecule has 0 aromatic rings. The summed E-state index contributed by atoms with van der Waals surface area (Å²) < 4.78 is 0. The van der Waals surface area contributed by atoms with E-state index in [0.717, 1.165) is 5.04 Å². The second-order valence-electron chi connectivity index (χ2n) is 5.72. The fraction of sp³-hybridized carbons (Fsp3) is 1.00. The molecule has 0 atom stereocenters. The van der Waals surface area contributed by atoms with Crippen molar-refractivity contribution in [2.24, 2.45) is 0 Å². The molecule has 0 radical (unpaired) electrons. The predicted molar refractivity (Wildman–Crippen MR) is 59.4 cm³/mol. The Morgan fingerprint density at radius 3 is 1.58 bits per heavy atom. The maximum Gasteiger partial charge on any atom is 0.0502 e. The highest BCUT2D eigenvalue weighted by molar-refractivity contribution is 6.79. The topological polar surface area (TPSA) is 0 Å². The molecule has 0 aliphatic heterocycles. The molecule has 0 aromatic carbocycles. The van der Waals surface area contributed by atoms with Crippen LogP contribution >= 0.6 is 0 Å². The van der Waals surface area contributed by atoms with Gasteiger partial charge in [-0.1, -0.05) is 65.1 Å². The molecule has 0 amide bonds. The summed E-state index contributed by atoms with van der Waals surface area (Å²) in [6, 6.07) is 0. The lowest BCUT2D eigenvalue weighted by atomic mass is 10.0. The second-order valence-corrected chi connectivity index (χ2v) is 11.4. The Balaban J connectivity index is 2.67. The van der Waals surface area contributed by atoms with Crippen LogP contribution in [0.25, 0.3) is 0 Å². The quantitative estimate of drug-likeness (QED) is 0.417. The van der Waals surface area contributed by atoms with E-state index < -0.39 is 8.07 Å². The summed E-state index contributed by atoms with van der Waals surface area (Å²) in [5.41, 5.74) is 0. The van der Waals surface area contributed by atoms with Crippen molar-refractivity contribution in [3.05, 3.63) is 0 Å². The lowest BCUT2D eigenvalue weighted by Crippen LogP contribution is -2.37. The van der Waals surface area contributed by atoms with E-state index in [1.54, 1.807) is 0 Å². The second kappa shape index (κ2) is 3.53. The fourth-order valence-corrected chi connectivity index (χ4v) is 4.11. The molecule has 1 fully saturated rings. The lowest BCUT2D eigenvalue weighted by molar-refractivity contribution is 0.506. The molecule has 0 nitrogen and oxygen atoms in total. The normalized spacial score (nSPS) is 25.0. The Morgan fingerprint density at radius 2 is 1.25 bits per heavy atom. The van der Waals surface area contributed by atoms with Crippen LogP contribution < -0.4 is 0 Å². The molecule has 0 N–H and O–H groups in total. The Kier molecular flexibility index (Phi) is 3.03. The molecule has 1 aliphatic rings. The van der Waals surface area contributed by atoms with Crippen LogP contribution in [0, 0.1) is 0 Å². The summed E-state index contributed by atoms with van der Waals surface area (Å²) in [6.45, 7) is 10.2. The van der Waals surface area contributed by atoms with Crippen LogP contribution in [0.3, 0.4) is 0 Å². The number of hydrogen-bond acceptors (Lipinski definition) is 0. The zero-order valence-electron chi connectivity index (χ0n) is 9.24. The SMILES string of the molecule is CC1([Si](C)(C)C)CCCCCC1. The van der Waals surface area contributed by atoms with Crippen LogP contribution in [0.4, 0.5) is 0 Å². The highest BCUT2D eigenvalue weighted by Crippen LogP contribution is 2.48. The van der Waals surface area contributed by atoms with Gasteiger partial charge < -0.3 is 0 Å². The Hall–Kier alpha value is 0.217. The van der Waals surface area contributed by atoms with Gasteiger partial charge in [-0.3, -0.25) is 0 Å². The van der Waals surface area contributed by atoms with Gasteiger partial charge in [0.2, 0.25) is 0 Å². The zero-order valence-corrected chi connectivity index (χ0v) is 10.2. The molecule has 0 bridgehead atoms. The van der Waals surface area contributed by atoms with E-state index in [2.05, 4.69) is 26.6 Å². The van der Waals surface area contributed by atoms with Crippen LogP contribution in [-0.4, -0.2) is 8.07 Å². The Morgan fingerprint density at radius 1 is 0.833 bits per heavy atom. The minimum atomic E-state index is -0.913. The van der Waals surface area contributed by atoms with Crippen molar-refractivity contribution in [1.29, 1.82) is 0 Å². The zero-order chi connectivity index (χ0) is 9.24. The first-order valence-corrected chi connectivity index (χ1v) is 8.96. The summed E-state index contributed by atoms with van der Waals surface area (Å²) in [7, 11) is -0.913. The van der Waals surface area contributed by atoms with Crippen LogP contribution in [0.1, 0.15) is 45.4 Å². The van der Waals surface area contributed by atoms with E-state index in [1.165, 1.54) is 38.5 Å². The monoisotopic (exact) mass is 184 g/mol. The van der Waals surface area contributed by atoms with E-state index in [9.17, 15) is 0 Å². The molecular weight excluding hydrogens is 160 g/mol. The average molecular weight is 184 g/mol. The van der Waals surface area contributed by atoms with E-state index in [1.807, 2.05) is 0 Å². The molecule has 1 heteroatoms. The van der Waals surface area contributed by atoms with Gasteiger partial charge in [0.1, 0.15) is 0 Å². The van der Waals surface area contributed by atoms with E-state index >= 15 is 0 Å². The van der Waals surface area contributed by atoms with Crippen molar-refractivity contribution < 1.29 is 0 Å². The van der Waals surface area contributed by atoms with Gasteiger partial charge in [-0.05, 0) is 5.04 Å². The third-order valence-corrected chi connectivity index (χ3v) is 8.14. The summed E-state index contributed by atoms with van der Waals surface area (Å²) in [5.74, 6) is 0. The smallest absolute Gasteiger partial charge is 0.0502 e. The molecule has 0 unspecified atom stereocenters. The standard InChI is InChI=1S/C11H24Si/c1-11(12(2,3)4)9-7-5-6-8-10-11/h5-10H2,1-4H3. The van der Waals surface area contributed by atoms with Crippen molar-refractivity contribution in [3.8, 4) is 0 Å². The molecule has 0 aromatic heterocycles. The summed E-state index contributed by atoms with van der Waals surface area (Å²) >= 11 is 0. The first kappa shape index (κ1) is 10.3. The van der Waals surface area contributed by atoms with Gasteiger partial charge in [0.25, 0.3) is 0 Å². The van der Waals surface area contributed by atoms with Crippen LogP contribution in [0.15, 0.2) is 0 Å². The van der Waals surface area contributed by atoms with Crippen LogP contribution in [0.5, 0.6) is 0 Å². The molecule has 1 saturated carbocycles. The van der Waals surface area contributed by atoms with Crippen LogP contribution in [-0.2, 0) is 0 Å². The molecule has 0 heterocycles. The maximum atomic E-state index is 2.55. The summed E-state index contributed by atoms with van der Waals surface area (Å²) in [5, 5.41) is 0.740. The van der Waals surface area contributed by atoms with Crippen LogP contribution in [0.2, 0.25) is 24.7 Å². The minimum Gasteiger partial charge on any atom is -0.0692 e. The van der Waals surface area contributed by atoms with Crippen molar-refractivity contribution >= 4 is 8.07 Å². The minimum absolute atomic E-state index is 0.740. The van der Waals surface area contributed by atoms with Gasteiger partial charge in [-0.15, -0.1) is 0 Å². The molecule has 72 valence electrons. The highest BCUT2D eigenvalue weighted by Gasteiger charge is 2.38.